The fraction of sp³-hybridized carbons (Fsp3) is 0.481. The molecule has 1 aliphatic carbocycles. The third kappa shape index (κ3) is 6.48. The average Bonchev–Trinajstić information content (AvgIpc) is 2.84. The van der Waals surface area contributed by atoms with E-state index in [9.17, 15) is 13.6 Å². The number of carbonyl (C=O) groups is 2. The Morgan fingerprint density at radius 2 is 1.59 bits per heavy atom. The van der Waals surface area contributed by atoms with Crippen LogP contribution in [0, 0.1) is 31.4 Å². The van der Waals surface area contributed by atoms with E-state index in [-0.39, 0.29) is 17.2 Å². The molecule has 3 aliphatic rings. The predicted molar refractivity (Wildman–Crippen MR) is 128 cm³/mol. The summed E-state index contributed by atoms with van der Waals surface area (Å²) in [6.07, 6.45) is 5.39. The lowest BCUT2D eigenvalue weighted by atomic mass is 9.62. The van der Waals surface area contributed by atoms with Crippen molar-refractivity contribution in [3.63, 3.8) is 0 Å². The van der Waals surface area contributed by atoms with E-state index in [4.69, 9.17) is 14.4 Å². The van der Waals surface area contributed by atoms with Crippen LogP contribution in [0.25, 0.3) is 0 Å². The molecule has 2 atom stereocenters. The highest BCUT2D eigenvalue weighted by Gasteiger charge is 2.49. The molecule has 0 bridgehead atoms. The molecule has 0 amide bonds. The summed E-state index contributed by atoms with van der Waals surface area (Å²) >= 11 is 0. The first-order valence-corrected chi connectivity index (χ1v) is 11.6. The lowest BCUT2D eigenvalue weighted by molar-refractivity contribution is -0.171. The van der Waals surface area contributed by atoms with Crippen molar-refractivity contribution in [3.05, 3.63) is 64.7 Å². The van der Waals surface area contributed by atoms with Crippen molar-refractivity contribution in [2.75, 3.05) is 26.8 Å². The van der Waals surface area contributed by atoms with Crippen molar-refractivity contribution < 1.29 is 27.9 Å². The van der Waals surface area contributed by atoms with E-state index in [2.05, 4.69) is 38.1 Å². The molecule has 0 spiro atoms. The minimum atomic E-state index is -0.891. The first-order chi connectivity index (χ1) is 16.4. The largest absolute Gasteiger partial charge is 0.490 e. The number of nitrogens with zero attached hydrogens (tertiary/aromatic N) is 1. The van der Waals surface area contributed by atoms with Gasteiger partial charge in [0.1, 0.15) is 18.9 Å². The average molecular weight is 476 g/mol. The van der Waals surface area contributed by atoms with Crippen LogP contribution in [0.1, 0.15) is 48.8 Å². The number of fused-ring (bicyclic) bond motifs is 3. The van der Waals surface area contributed by atoms with Gasteiger partial charge in [0.25, 0.3) is 0 Å². The second-order valence-corrected chi connectivity index (χ2v) is 8.77. The molecule has 0 radical (unpaired) electrons. The van der Waals surface area contributed by atoms with Crippen LogP contribution in [0.3, 0.4) is 0 Å². The van der Waals surface area contributed by atoms with Crippen LogP contribution in [0.4, 0.5) is 8.78 Å². The van der Waals surface area contributed by atoms with Crippen LogP contribution in [0.5, 0.6) is 5.75 Å². The third-order valence-electron chi connectivity index (χ3n) is 6.58. The van der Waals surface area contributed by atoms with E-state index in [1.807, 2.05) is 11.9 Å². The highest BCUT2D eigenvalue weighted by molar-refractivity contribution is 5.72. The summed E-state index contributed by atoms with van der Waals surface area (Å²) in [5.41, 5.74) is 1.90. The number of halogens is 2. The Kier molecular flexibility index (Phi) is 10.8. The number of rotatable bonds is 2. The van der Waals surface area contributed by atoms with Gasteiger partial charge in [-0.3, -0.25) is 0 Å². The van der Waals surface area contributed by atoms with Gasteiger partial charge in [-0.1, -0.05) is 48.2 Å². The molecule has 0 N–H and O–H groups in total. The molecule has 34 heavy (non-hydrogen) atoms. The van der Waals surface area contributed by atoms with E-state index in [1.54, 1.807) is 7.11 Å². The molecule has 2 aliphatic heterocycles. The van der Waals surface area contributed by atoms with Crippen LogP contribution in [-0.4, -0.2) is 44.9 Å². The maximum Gasteiger partial charge on any atom is 0.165 e. The van der Waals surface area contributed by atoms with Gasteiger partial charge < -0.3 is 19.2 Å². The van der Waals surface area contributed by atoms with Gasteiger partial charge in [-0.15, -0.1) is 0 Å². The minimum Gasteiger partial charge on any atom is -0.490 e. The van der Waals surface area contributed by atoms with E-state index in [0.29, 0.717) is 13.0 Å². The fourth-order valence-electron chi connectivity index (χ4n) is 4.44. The second kappa shape index (κ2) is 13.3. The first-order valence-electron chi connectivity index (χ1n) is 11.6. The molecule has 5 nitrogen and oxygen atoms in total. The van der Waals surface area contributed by atoms with Gasteiger partial charge in [0.05, 0.1) is 19.1 Å². The molecule has 5 rings (SSSR count). The zero-order chi connectivity index (χ0) is 25.1. The van der Waals surface area contributed by atoms with Crippen LogP contribution in [-0.2, 0) is 19.8 Å². The maximum atomic E-state index is 14.0. The molecule has 2 fully saturated rings. The summed E-state index contributed by atoms with van der Waals surface area (Å²) < 4.78 is 33.1. The summed E-state index contributed by atoms with van der Waals surface area (Å²) in [6.45, 7) is 8.73. The van der Waals surface area contributed by atoms with Crippen molar-refractivity contribution in [1.29, 1.82) is 0 Å². The highest BCUT2D eigenvalue weighted by atomic mass is 19.1. The van der Waals surface area contributed by atoms with Gasteiger partial charge in [0, 0.05) is 24.6 Å². The Hall–Kier alpha value is -2.64. The minimum absolute atomic E-state index is 0.0347. The zero-order valence-corrected chi connectivity index (χ0v) is 20.3. The molecular formula is C27H35F2NO4. The van der Waals surface area contributed by atoms with E-state index in [1.165, 1.54) is 17.5 Å². The summed E-state index contributed by atoms with van der Waals surface area (Å²) in [4.78, 5) is 24.4. The van der Waals surface area contributed by atoms with Gasteiger partial charge in [0.2, 0.25) is 0 Å². The number of ether oxygens (including phenoxy) is 1. The van der Waals surface area contributed by atoms with E-state index >= 15 is 0 Å². The Labute approximate surface area is 201 Å². The molecule has 1 saturated heterocycles. The number of benzene rings is 2. The van der Waals surface area contributed by atoms with Gasteiger partial charge in [-0.25, -0.2) is 8.78 Å². The lowest BCUT2D eigenvalue weighted by Crippen LogP contribution is -2.46. The molecule has 1 saturated carbocycles. The normalized spacial score (nSPS) is 22.3. The number of hydrogen-bond acceptors (Lipinski definition) is 5. The summed E-state index contributed by atoms with van der Waals surface area (Å²) in [7, 11) is 1.71. The Balaban J connectivity index is 0.000000210. The lowest BCUT2D eigenvalue weighted by Gasteiger charge is -2.44. The SMILES string of the molecule is C=O.CON1CCC1.Cc1ccc(C)cc1.O=CC12CCCCC1COc1c(F)ccc(F)c12. The summed E-state index contributed by atoms with van der Waals surface area (Å²) in [6, 6.07) is 10.6. The van der Waals surface area contributed by atoms with Crippen LogP contribution < -0.4 is 4.74 Å². The predicted octanol–water partition coefficient (Wildman–Crippen LogP) is 5.36. The number of hydroxylamine groups is 2. The summed E-state index contributed by atoms with van der Waals surface area (Å²) in [5.74, 6) is -1.23. The number of hydrogen-bond donors (Lipinski definition) is 0. The molecule has 2 heterocycles. The van der Waals surface area contributed by atoms with Crippen molar-refractivity contribution >= 4 is 13.1 Å². The van der Waals surface area contributed by atoms with Gasteiger partial charge in [-0.2, -0.15) is 5.06 Å². The monoisotopic (exact) mass is 475 g/mol. The smallest absolute Gasteiger partial charge is 0.165 e. The van der Waals surface area contributed by atoms with Crippen molar-refractivity contribution in [2.45, 2.75) is 51.4 Å². The molecule has 0 aromatic heterocycles. The Morgan fingerprint density at radius 1 is 1.00 bits per heavy atom. The quantitative estimate of drug-likeness (QED) is 0.548. The molecule has 186 valence electrons. The molecule has 2 unspecified atom stereocenters. The van der Waals surface area contributed by atoms with Crippen molar-refractivity contribution in [3.8, 4) is 5.75 Å². The van der Waals surface area contributed by atoms with Crippen LogP contribution >= 0.6 is 0 Å². The summed E-state index contributed by atoms with van der Waals surface area (Å²) in [5, 5.41) is 1.93. The zero-order valence-electron chi connectivity index (χ0n) is 20.3. The molecule has 7 heteroatoms. The standard InChI is InChI=1S/C14H14F2O2.C8H10.C4H9NO.CH2O/c15-10-4-5-11(16)13-12(10)14(8-17)6-2-1-3-9(14)7-18-13;1-7-3-5-8(2)6-4-7;1-6-5-3-2-4-5;1-2/h4-5,8-9H,1-3,6-7H2;3-6H,1-2H3;2-4H2,1H3;1H2. The maximum absolute atomic E-state index is 14.0. The highest BCUT2D eigenvalue weighted by Crippen LogP contribution is 2.50. The van der Waals surface area contributed by atoms with E-state index < -0.39 is 17.0 Å². The van der Waals surface area contributed by atoms with Gasteiger partial charge in [-0.05, 0) is 45.2 Å². The van der Waals surface area contributed by atoms with Crippen molar-refractivity contribution in [1.82, 2.24) is 5.06 Å². The van der Waals surface area contributed by atoms with Gasteiger partial charge in [0.15, 0.2) is 11.6 Å². The topological polar surface area (TPSA) is 55.8 Å². The fourth-order valence-corrected chi connectivity index (χ4v) is 4.44. The number of aryl methyl sites for hydroxylation is 2. The van der Waals surface area contributed by atoms with Gasteiger partial charge >= 0.3 is 0 Å². The van der Waals surface area contributed by atoms with E-state index in [0.717, 1.165) is 50.8 Å². The Morgan fingerprint density at radius 3 is 2.06 bits per heavy atom. The molecular weight excluding hydrogens is 440 g/mol. The van der Waals surface area contributed by atoms with Crippen LogP contribution in [0.15, 0.2) is 36.4 Å². The second-order valence-electron chi connectivity index (χ2n) is 8.77. The van der Waals surface area contributed by atoms with Crippen LogP contribution in [0.2, 0.25) is 0 Å². The molecule has 2 aromatic carbocycles. The third-order valence-corrected chi connectivity index (χ3v) is 6.58. The Bertz CT molecular complexity index is 894. The first kappa shape index (κ1) is 27.6. The number of carbonyl (C=O) groups excluding carboxylic acids is 2. The van der Waals surface area contributed by atoms with Crippen molar-refractivity contribution in [2.24, 2.45) is 5.92 Å². The number of aldehydes is 1. The molecule has 2 aromatic rings.